The first-order chi connectivity index (χ1) is 20.3. The number of hydrogen-bond acceptors (Lipinski definition) is 11. The van der Waals surface area contributed by atoms with E-state index in [1.165, 1.54) is 0 Å². The molecule has 1 aromatic heterocycles. The number of amidine groups is 1. The van der Waals surface area contributed by atoms with Crippen LogP contribution in [0.2, 0.25) is 0 Å². The molecule has 2 amide bonds. The van der Waals surface area contributed by atoms with Crippen LogP contribution >= 0.6 is 11.6 Å². The third kappa shape index (κ3) is 6.57. The molecule has 0 bridgehead atoms. The molecule has 0 radical (unpaired) electrons. The van der Waals surface area contributed by atoms with Crippen LogP contribution in [0.5, 0.6) is 0 Å². The monoisotopic (exact) mass is 601 g/mol. The second-order valence-electron chi connectivity index (χ2n) is 10.3. The van der Waals surface area contributed by atoms with Gasteiger partial charge in [0, 0.05) is 49.4 Å². The largest absolute Gasteiger partial charge is 0.382 e. The van der Waals surface area contributed by atoms with Gasteiger partial charge in [0.25, 0.3) is 11.8 Å². The van der Waals surface area contributed by atoms with E-state index in [4.69, 9.17) is 37.3 Å². The molecule has 0 saturated carbocycles. The summed E-state index contributed by atoms with van der Waals surface area (Å²) in [4.78, 5) is 40.7. The molecule has 6 N–H and O–H groups in total. The topological polar surface area (TPSA) is 183 Å². The standard InChI is InChI=1S/C27H36ClN9O5/c1-40-13-14-42-16-41-12-11-36-8-5-17-18(3-2-4-19(17)36)25(39)37-9-6-27(7-10-37)15-31-26(35-27)34-24(38)20-22(29)33-23(30)21(28)32-20/h2-5,8,21,23H,6-7,9-16,30H2,1H3,(H2,29,33)(H2,31,34,35,38). The van der Waals surface area contributed by atoms with E-state index in [0.29, 0.717) is 70.4 Å². The molecule has 42 heavy (non-hydrogen) atoms. The van der Waals surface area contributed by atoms with Crippen LogP contribution in [0.15, 0.2) is 45.4 Å². The molecular formula is C27H36ClN9O5. The number of likely N-dealkylation sites (tertiary alicyclic amines) is 1. The summed E-state index contributed by atoms with van der Waals surface area (Å²) in [6.07, 6.45) is 2.51. The Labute approximate surface area is 248 Å². The molecule has 0 aliphatic carbocycles. The molecule has 2 aromatic rings. The van der Waals surface area contributed by atoms with E-state index in [-0.39, 0.29) is 29.8 Å². The molecule has 226 valence electrons. The van der Waals surface area contributed by atoms with Crippen molar-refractivity contribution < 1.29 is 23.8 Å². The zero-order valence-corrected chi connectivity index (χ0v) is 24.2. The molecule has 14 nitrogen and oxygen atoms in total. The Morgan fingerprint density at radius 3 is 2.74 bits per heavy atom. The highest BCUT2D eigenvalue weighted by atomic mass is 35.5. The second-order valence-corrected chi connectivity index (χ2v) is 10.8. The number of carbonyl (C=O) groups is 2. The van der Waals surface area contributed by atoms with Gasteiger partial charge in [-0.15, -0.1) is 0 Å². The number of nitrogens with zero attached hydrogens (tertiary/aromatic N) is 5. The number of fused-ring (bicyclic) bond motifs is 1. The van der Waals surface area contributed by atoms with E-state index in [0.717, 1.165) is 10.9 Å². The molecule has 4 heterocycles. The molecule has 1 aromatic carbocycles. The van der Waals surface area contributed by atoms with Crippen molar-refractivity contribution in [2.24, 2.45) is 26.4 Å². The van der Waals surface area contributed by atoms with Crippen LogP contribution in [0.1, 0.15) is 23.2 Å². The van der Waals surface area contributed by atoms with Crippen molar-refractivity contribution in [2.45, 2.75) is 36.6 Å². The average Bonchev–Trinajstić information content (AvgIpc) is 3.58. The summed E-state index contributed by atoms with van der Waals surface area (Å²) in [5.74, 6) is -0.319. The van der Waals surface area contributed by atoms with Crippen molar-refractivity contribution in [3.63, 3.8) is 0 Å². The van der Waals surface area contributed by atoms with Gasteiger partial charge in [-0.25, -0.2) is 4.99 Å². The minimum absolute atomic E-state index is 0.0117. The summed E-state index contributed by atoms with van der Waals surface area (Å²) >= 11 is 6.02. The SMILES string of the molecule is COCCOCOCCn1ccc2c(C(=O)N3CCC4(CC3)CN=C(NC(=O)C3=NC(Cl)C(N)N=C3N)N4)cccc21. The van der Waals surface area contributed by atoms with Crippen LogP contribution in [0.3, 0.4) is 0 Å². The number of hydrogen-bond donors (Lipinski definition) is 4. The predicted octanol–water partition coefficient (Wildman–Crippen LogP) is -0.00990. The van der Waals surface area contributed by atoms with Crippen LogP contribution < -0.4 is 22.1 Å². The van der Waals surface area contributed by atoms with Crippen LogP contribution in [-0.4, -0.2) is 109 Å². The number of aromatic nitrogens is 1. The van der Waals surface area contributed by atoms with Crippen LogP contribution in [0.25, 0.3) is 10.9 Å². The Kier molecular flexibility index (Phi) is 9.38. The molecule has 1 spiro atoms. The van der Waals surface area contributed by atoms with E-state index in [1.807, 2.05) is 35.4 Å². The molecule has 1 fully saturated rings. The summed E-state index contributed by atoms with van der Waals surface area (Å²) in [6, 6.07) is 7.74. The maximum absolute atomic E-state index is 13.6. The maximum Gasteiger partial charge on any atom is 0.279 e. The predicted molar refractivity (Wildman–Crippen MR) is 159 cm³/mol. The van der Waals surface area contributed by atoms with E-state index < -0.39 is 17.6 Å². The van der Waals surface area contributed by atoms with E-state index >= 15 is 0 Å². The number of methoxy groups -OCH3 is 1. The number of aliphatic imine (C=N–C) groups is 3. The average molecular weight is 602 g/mol. The number of amides is 2. The number of alkyl halides is 1. The number of halogens is 1. The maximum atomic E-state index is 13.6. The van der Waals surface area contributed by atoms with Gasteiger partial charge in [-0.2, -0.15) is 0 Å². The van der Waals surface area contributed by atoms with Crippen molar-refractivity contribution in [3.8, 4) is 0 Å². The lowest BCUT2D eigenvalue weighted by molar-refractivity contribution is -0.113. The fourth-order valence-corrected chi connectivity index (χ4v) is 5.35. The minimum atomic E-state index is -0.875. The quantitative estimate of drug-likeness (QED) is 0.127. The highest BCUT2D eigenvalue weighted by molar-refractivity contribution is 6.67. The van der Waals surface area contributed by atoms with Gasteiger partial charge in [0.2, 0.25) is 0 Å². The minimum Gasteiger partial charge on any atom is -0.382 e. The number of rotatable bonds is 10. The summed E-state index contributed by atoms with van der Waals surface area (Å²) in [6.45, 7) is 3.91. The van der Waals surface area contributed by atoms with Gasteiger partial charge in [0.1, 0.15) is 13.0 Å². The third-order valence-corrected chi connectivity index (χ3v) is 7.92. The lowest BCUT2D eigenvalue weighted by atomic mass is 9.88. The molecule has 1 saturated heterocycles. The number of benzene rings is 1. The molecular weight excluding hydrogens is 566 g/mol. The summed E-state index contributed by atoms with van der Waals surface area (Å²) < 4.78 is 17.9. The van der Waals surface area contributed by atoms with Gasteiger partial charge < -0.3 is 40.5 Å². The smallest absolute Gasteiger partial charge is 0.279 e. The number of nitrogens with two attached hydrogens (primary N) is 2. The summed E-state index contributed by atoms with van der Waals surface area (Å²) in [7, 11) is 1.62. The highest BCUT2D eigenvalue weighted by Crippen LogP contribution is 2.28. The van der Waals surface area contributed by atoms with E-state index in [2.05, 4.69) is 30.2 Å². The zero-order chi connectivity index (χ0) is 29.7. The molecule has 3 aliphatic heterocycles. The Morgan fingerprint density at radius 1 is 1.17 bits per heavy atom. The molecule has 15 heteroatoms. The molecule has 2 unspecified atom stereocenters. The normalized spacial score (nSPS) is 21.6. The highest BCUT2D eigenvalue weighted by Gasteiger charge is 2.40. The Bertz CT molecular complexity index is 1400. The van der Waals surface area contributed by atoms with Gasteiger partial charge in [-0.05, 0) is 31.0 Å². The van der Waals surface area contributed by atoms with Gasteiger partial charge >= 0.3 is 0 Å². The number of piperidine rings is 1. The molecule has 2 atom stereocenters. The third-order valence-electron chi connectivity index (χ3n) is 7.56. The number of ether oxygens (including phenoxy) is 3. The van der Waals surface area contributed by atoms with Gasteiger partial charge in [0.15, 0.2) is 23.0 Å². The van der Waals surface area contributed by atoms with E-state index in [9.17, 15) is 9.59 Å². The Hall–Kier alpha value is -3.56. The van der Waals surface area contributed by atoms with Crippen LogP contribution in [0.4, 0.5) is 0 Å². The zero-order valence-electron chi connectivity index (χ0n) is 23.4. The second kappa shape index (κ2) is 13.2. The Balaban J connectivity index is 1.13. The fourth-order valence-electron chi connectivity index (χ4n) is 5.20. The van der Waals surface area contributed by atoms with Crippen LogP contribution in [0, 0.1) is 0 Å². The first kappa shape index (κ1) is 29.9. The summed E-state index contributed by atoms with van der Waals surface area (Å²) in [5.41, 5.74) is 11.9. The fraction of sp³-hybridized carbons (Fsp3) is 0.519. The lowest BCUT2D eigenvalue weighted by Gasteiger charge is -2.39. The molecule has 3 aliphatic rings. The first-order valence-corrected chi connectivity index (χ1v) is 14.2. The molecule has 5 rings (SSSR count). The number of guanidine groups is 1. The number of carbonyl (C=O) groups excluding carboxylic acids is 2. The van der Waals surface area contributed by atoms with Crippen molar-refractivity contribution in [2.75, 3.05) is 53.4 Å². The summed E-state index contributed by atoms with van der Waals surface area (Å²) in [5, 5.41) is 6.94. The van der Waals surface area contributed by atoms with Crippen molar-refractivity contribution in [1.82, 2.24) is 20.1 Å². The van der Waals surface area contributed by atoms with Crippen molar-refractivity contribution in [3.05, 3.63) is 36.0 Å². The number of nitrogens with one attached hydrogen (secondary N) is 2. The van der Waals surface area contributed by atoms with Gasteiger partial charge in [0.05, 0.1) is 31.9 Å². The Morgan fingerprint density at radius 2 is 1.95 bits per heavy atom. The van der Waals surface area contributed by atoms with Crippen molar-refractivity contribution >= 4 is 51.8 Å². The van der Waals surface area contributed by atoms with Gasteiger partial charge in [-0.3, -0.25) is 24.9 Å². The lowest BCUT2D eigenvalue weighted by Crippen LogP contribution is -2.57. The van der Waals surface area contributed by atoms with Crippen molar-refractivity contribution in [1.29, 1.82) is 0 Å². The first-order valence-electron chi connectivity index (χ1n) is 13.8. The van der Waals surface area contributed by atoms with E-state index in [1.54, 1.807) is 7.11 Å². The van der Waals surface area contributed by atoms with Crippen LogP contribution in [-0.2, 0) is 25.5 Å². The van der Waals surface area contributed by atoms with Gasteiger partial charge in [-0.1, -0.05) is 17.7 Å².